The van der Waals surface area contributed by atoms with Crippen LogP contribution in [-0.2, 0) is 54.1 Å². The summed E-state index contributed by atoms with van der Waals surface area (Å²) in [5, 5.41) is 26.6. The van der Waals surface area contributed by atoms with Crippen LogP contribution in [0.15, 0.2) is 218 Å². The third-order valence-electron chi connectivity index (χ3n) is 19.3. The predicted octanol–water partition coefficient (Wildman–Crippen LogP) is 8.00. The third kappa shape index (κ3) is 22.7. The molecule has 6 atom stereocenters. The lowest BCUT2D eigenvalue weighted by Crippen LogP contribution is -2.62. The molecule has 8 amide bonds. The number of carboxylic acid groups (broad SMARTS) is 1. The molecule has 4 saturated heterocycles. The molecule has 0 bridgehead atoms. The van der Waals surface area contributed by atoms with Crippen molar-refractivity contribution in [2.75, 3.05) is 65.6 Å². The van der Waals surface area contributed by atoms with Crippen LogP contribution in [0.5, 0.6) is 0 Å². The van der Waals surface area contributed by atoms with Gasteiger partial charge in [-0.2, -0.15) is 0 Å². The Labute approximate surface area is 693 Å². The van der Waals surface area contributed by atoms with Crippen LogP contribution in [-0.4, -0.2) is 178 Å². The van der Waals surface area contributed by atoms with E-state index in [-0.39, 0.29) is 50.9 Å². The van der Waals surface area contributed by atoms with Gasteiger partial charge in [-0.3, -0.25) is 29.1 Å². The van der Waals surface area contributed by atoms with Crippen LogP contribution in [0, 0.1) is 19.9 Å². The number of aliphatic carboxylic acids is 1. The first-order valence-corrected chi connectivity index (χ1v) is 39.3. The zero-order valence-electron chi connectivity index (χ0n) is 65.8. The van der Waals surface area contributed by atoms with Crippen LogP contribution >= 0.6 is 23.5 Å². The van der Waals surface area contributed by atoms with Crippen molar-refractivity contribution in [3.05, 3.63) is 282 Å². The van der Waals surface area contributed by atoms with Gasteiger partial charge < -0.3 is 86.8 Å². The number of hydrogen-bond acceptors (Lipinski definition) is 25. The number of nitrogens with zero attached hydrogens (tertiary/aromatic N) is 4. The average Bonchev–Trinajstić information content (AvgIpc) is 1.56. The van der Waals surface area contributed by atoms with E-state index in [1.165, 1.54) is 76.1 Å². The molecule has 4 fully saturated rings. The molecule has 6 aromatic carbocycles. The summed E-state index contributed by atoms with van der Waals surface area (Å²) in [6.45, 7) is 11.6. The number of quaternary nitrogens is 1. The van der Waals surface area contributed by atoms with Crippen LogP contribution < -0.4 is 48.5 Å². The summed E-state index contributed by atoms with van der Waals surface area (Å²) in [5.74, 6) is -3.84. The number of aromatic nitrogens is 2. The number of alkyl carbamates (subject to hydrolysis) is 4. The molecule has 4 aliphatic heterocycles. The number of β-lactam (4-membered cyclic amide) rings is 2. The number of esters is 1. The van der Waals surface area contributed by atoms with Crippen LogP contribution in [0.3, 0.4) is 0 Å². The molecule has 6 heterocycles. The molecule has 11 N–H and O–H groups in total. The number of benzene rings is 6. The van der Waals surface area contributed by atoms with Gasteiger partial charge in [0.2, 0.25) is 0 Å². The van der Waals surface area contributed by atoms with Crippen LogP contribution in [0.2, 0.25) is 0 Å². The minimum absolute atomic E-state index is 0.00821. The largest absolute Gasteiger partial charge is 0.548 e. The molecule has 2 aromatic heterocycles. The Bertz CT molecular complexity index is 4920. The van der Waals surface area contributed by atoms with Crippen molar-refractivity contribution in [1.82, 2.24) is 51.7 Å². The molecule has 34 heteroatoms. The number of pyridine rings is 2. The minimum atomic E-state index is -1.43. The lowest BCUT2D eigenvalue weighted by molar-refractivity contribution is -0.364. The quantitative estimate of drug-likeness (QED) is 0.00723. The van der Waals surface area contributed by atoms with E-state index in [2.05, 4.69) is 47.6 Å². The minimum Gasteiger partial charge on any atom is -0.548 e. The number of nitrogens with one attached hydrogen (secondary N) is 6. The van der Waals surface area contributed by atoms with Crippen molar-refractivity contribution < 1.29 is 82.5 Å². The van der Waals surface area contributed by atoms with Gasteiger partial charge in [0.1, 0.15) is 41.2 Å². The van der Waals surface area contributed by atoms with Crippen molar-refractivity contribution in [2.24, 2.45) is 5.73 Å². The number of carbonyl (C=O) groups excluding carboxylic acids is 10. The monoisotopic (exact) mass is 1660 g/mol. The Morgan fingerprint density at radius 3 is 1.24 bits per heavy atom. The Balaban J connectivity index is 0.000000363. The van der Waals surface area contributed by atoms with Crippen LogP contribution in [0.25, 0.3) is 34.4 Å². The molecule has 0 spiro atoms. The second kappa shape index (κ2) is 41.6. The van der Waals surface area contributed by atoms with E-state index in [1.807, 2.05) is 170 Å². The maximum Gasteiger partial charge on any atom is 0.408 e. The summed E-state index contributed by atoms with van der Waals surface area (Å²) in [4.78, 5) is 169. The van der Waals surface area contributed by atoms with Gasteiger partial charge in [0.05, 0.1) is 57.1 Å². The smallest absolute Gasteiger partial charge is 0.408 e. The van der Waals surface area contributed by atoms with Gasteiger partial charge in [-0.1, -0.05) is 170 Å². The average molecular weight is 1660 g/mol. The number of fused-ring (bicyclic) bond motifs is 2. The molecule has 0 aliphatic carbocycles. The summed E-state index contributed by atoms with van der Waals surface area (Å²) in [6, 6.07) is 57.7. The second-order valence-corrected chi connectivity index (χ2v) is 31.8. The van der Waals surface area contributed by atoms with Gasteiger partial charge in [-0.05, 0) is 122 Å². The van der Waals surface area contributed by atoms with Gasteiger partial charge in [-0.25, -0.2) is 24.0 Å². The molecule has 32 nitrogen and oxygen atoms in total. The Morgan fingerprint density at radius 1 is 0.496 bits per heavy atom. The van der Waals surface area contributed by atoms with E-state index in [9.17, 15) is 53.1 Å². The van der Waals surface area contributed by atoms with E-state index in [0.717, 1.165) is 33.4 Å². The van der Waals surface area contributed by atoms with E-state index in [1.54, 1.807) is 47.6 Å². The van der Waals surface area contributed by atoms with Crippen molar-refractivity contribution >= 4 is 95.6 Å². The molecule has 0 saturated carbocycles. The number of carboxylic acids is 1. The number of thioether (sulfide) groups is 2. The number of hydrogen-bond donors (Lipinski definition) is 8. The lowest BCUT2D eigenvalue weighted by Gasteiger charge is -2.41. The number of ether oxygens (including phenoxy) is 5. The molecular weight excluding hydrogens is 1570 g/mol. The first-order valence-electron chi connectivity index (χ1n) is 37.5. The maximum atomic E-state index is 14.7. The normalized spacial score (nSPS) is 18.6. The molecule has 4 aliphatic rings. The highest BCUT2D eigenvalue weighted by molar-refractivity contribution is 8.02. The number of rotatable bonds is 29. The van der Waals surface area contributed by atoms with Crippen molar-refractivity contribution in [3.8, 4) is 22.3 Å². The van der Waals surface area contributed by atoms with Crippen molar-refractivity contribution in [2.45, 2.75) is 91.2 Å². The molecule has 12 rings (SSSR count). The van der Waals surface area contributed by atoms with E-state index >= 15 is 0 Å². The zero-order chi connectivity index (χ0) is 86.0. The highest BCUT2D eigenvalue weighted by atomic mass is 32.2. The molecule has 0 radical (unpaired) electrons. The van der Waals surface area contributed by atoms with Gasteiger partial charge >= 0.3 is 30.3 Å². The summed E-state index contributed by atoms with van der Waals surface area (Å²) < 4.78 is 26.5. The lowest BCUT2D eigenvalue weighted by atomic mass is 9.93. The SMILES string of the molecule is CC(C)(OC(=O)NCCNC(=O)OC[C@]1(C)SC2/C(=C\c3cc(C(=O)NCCNC(=O)OC(C)(C)c4ccc(-c5ccccc5)cc4)ccn3)C(=O)N2[C@H]1C(=O)OC(c1ccccc1)c1ccccc1)c1ccc(-c2ccccc2)cc1.C[C@@]1(COC(=O)NCC[NH3+])SC2/C(=C\c3cc(C(=O)NCCN)ccn3)C(=O)N2[C@H]1C(=O)[O-].O=O.O=O. The third-order valence-corrected chi connectivity index (χ3v) is 22.5. The summed E-state index contributed by atoms with van der Waals surface area (Å²) in [5.41, 5.74) is 16.3. The van der Waals surface area contributed by atoms with Gasteiger partial charge in [0.25, 0.3) is 23.6 Å². The fourth-order valence-electron chi connectivity index (χ4n) is 13.3. The van der Waals surface area contributed by atoms with Crippen molar-refractivity contribution in [1.29, 1.82) is 0 Å². The Hall–Kier alpha value is -13.2. The Morgan fingerprint density at radius 2 is 0.849 bits per heavy atom. The number of amides is 8. The summed E-state index contributed by atoms with van der Waals surface area (Å²) >= 11 is 2.46. The van der Waals surface area contributed by atoms with Crippen LogP contribution in [0.1, 0.15) is 102 Å². The Kier molecular flexibility index (Phi) is 31.4. The first kappa shape index (κ1) is 89.7. The van der Waals surface area contributed by atoms with Crippen molar-refractivity contribution in [3.63, 3.8) is 0 Å². The van der Waals surface area contributed by atoms with E-state index in [4.69, 9.17) is 49.3 Å². The first-order chi connectivity index (χ1) is 57.2. The second-order valence-electron chi connectivity index (χ2n) is 28.6. The van der Waals surface area contributed by atoms with Gasteiger partial charge in [-0.15, -0.1) is 23.5 Å². The topological polar surface area (TPSA) is 466 Å². The standard InChI is InChI=1S/C65H64N6O10S.C20H26N6O6S.2O2/c1-63(2,50-30-26-45(27-31-50)43-18-10-6-11-19-43)80-61(76)69-37-36-67-56(72)49-34-35-66-52(40-49)41-53-57(73)71-55(59(74)79-54(47-22-14-8-15-23-47)48-24-16-9-17-25-48)65(5,82-58(53)71)42-78-60(75)68-38-39-70-62(77)81-64(3,4)51-32-28-46(29-33-51)44-20-12-7-13-21-44;1-20(10-32-19(31)25-7-4-22)14(18(29)30)26-16(28)13(17(26)33-20)9-12-8-11(2-5-23-12)15(27)24-6-3-21;2*1-2/h6-35,40-41,54-55,58H,36-39,42H2,1-5H3,(H,67,72)(H,68,75)(H,69,76)(H,70,77);2,5,8-9,14,17H,3-4,6-7,10,21-22H2,1H3,(H,24,27)(H,25,31)(H,29,30);;/b53-41-;13-9-;;/t55-,58?,65-;14-,17?,20-;;/m00../s1. The molecule has 622 valence electrons. The molecule has 8 aromatic rings. The summed E-state index contributed by atoms with van der Waals surface area (Å²) in [6.07, 6.45) is 2.33. The van der Waals surface area contributed by atoms with E-state index < -0.39 is 104 Å². The van der Waals surface area contributed by atoms with E-state index in [0.29, 0.717) is 65.4 Å². The van der Waals surface area contributed by atoms with Crippen LogP contribution in [0.4, 0.5) is 19.2 Å². The molecule has 119 heavy (non-hydrogen) atoms. The fourth-order valence-corrected chi connectivity index (χ4v) is 16.5. The van der Waals surface area contributed by atoms with Gasteiger partial charge in [0.15, 0.2) is 6.10 Å². The molecular formula is C85H90N12O20S2. The maximum absolute atomic E-state index is 14.7. The number of nitrogens with two attached hydrogens (primary N) is 1. The summed E-state index contributed by atoms with van der Waals surface area (Å²) in [7, 11) is 0. The zero-order valence-corrected chi connectivity index (χ0v) is 67.4. The highest BCUT2D eigenvalue weighted by Crippen LogP contribution is 2.55. The highest BCUT2D eigenvalue weighted by Gasteiger charge is 2.65. The predicted molar refractivity (Wildman–Crippen MR) is 444 cm³/mol. The fraction of sp³-hybridized carbons (Fsp3) is 0.294. The number of carbonyl (C=O) groups is 10. The molecule has 2 unspecified atom stereocenters. The van der Waals surface area contributed by atoms with Gasteiger partial charge in [0, 0.05) is 82.6 Å².